The molecule has 1 aromatic heterocycles. The molecule has 2 aliphatic rings. The molecule has 1 aromatic rings. The van der Waals surface area contributed by atoms with Crippen molar-refractivity contribution in [3.63, 3.8) is 0 Å². The zero-order valence-corrected chi connectivity index (χ0v) is 12.2. The number of aromatic nitrogens is 1. The summed E-state index contributed by atoms with van der Waals surface area (Å²) >= 11 is 0. The molecular weight excluding hydrogens is 227 g/mol. The van der Waals surface area contributed by atoms with E-state index in [4.69, 9.17) is 0 Å². The van der Waals surface area contributed by atoms with Crippen molar-refractivity contribution in [3.8, 4) is 0 Å². The molecule has 1 saturated carbocycles. The Kier molecular flexibility index (Phi) is 5.57. The van der Waals surface area contributed by atoms with E-state index < -0.39 is 0 Å². The Bertz CT molecular complexity index is 369. The molecule has 1 aliphatic heterocycles. The number of nitrogens with zero attached hydrogens (tertiary/aromatic N) is 2. The molecule has 2 atom stereocenters. The zero-order chi connectivity index (χ0) is 13.7. The lowest BCUT2D eigenvalue weighted by molar-refractivity contribution is 0.608. The van der Waals surface area contributed by atoms with Crippen LogP contribution in [0.2, 0.25) is 0 Å². The summed E-state index contributed by atoms with van der Waals surface area (Å²) in [5.41, 5.74) is 1.43. The maximum atomic E-state index is 13.3. The average Bonchev–Trinajstić information content (AvgIpc) is 3.04. The molecule has 0 spiro atoms. The molecule has 1 aliphatic carbocycles. The van der Waals surface area contributed by atoms with Gasteiger partial charge in [-0.3, -0.25) is 4.98 Å². The maximum Gasteiger partial charge on any atom is 0.146 e. The van der Waals surface area contributed by atoms with Gasteiger partial charge < -0.3 is 4.90 Å². The second-order valence-electron chi connectivity index (χ2n) is 4.42. The summed E-state index contributed by atoms with van der Waals surface area (Å²) in [5.74, 6) is 1.56. The van der Waals surface area contributed by atoms with E-state index in [0.717, 1.165) is 30.6 Å². The normalized spacial score (nSPS) is 23.3. The summed E-state index contributed by atoms with van der Waals surface area (Å²) in [4.78, 5) is 6.29. The van der Waals surface area contributed by atoms with Gasteiger partial charge in [-0.15, -0.1) is 0 Å². The van der Waals surface area contributed by atoms with Gasteiger partial charge in [0, 0.05) is 19.2 Å². The van der Waals surface area contributed by atoms with Crippen molar-refractivity contribution < 1.29 is 4.39 Å². The molecular formula is C15H25FN2. The topological polar surface area (TPSA) is 16.1 Å². The SMILES string of the molecule is CC.CC.Cc1ncc(N2CC3CC3C2)cc1F. The summed E-state index contributed by atoms with van der Waals surface area (Å²) in [6.45, 7) is 11.9. The first-order valence-corrected chi connectivity index (χ1v) is 7.11. The Balaban J connectivity index is 0.000000371. The van der Waals surface area contributed by atoms with Crippen LogP contribution in [0.25, 0.3) is 0 Å². The highest BCUT2D eigenvalue weighted by molar-refractivity contribution is 5.47. The molecule has 0 amide bonds. The van der Waals surface area contributed by atoms with Crippen molar-refractivity contribution in [2.45, 2.75) is 41.0 Å². The first-order chi connectivity index (χ1) is 8.74. The minimum atomic E-state index is -0.192. The second-order valence-corrected chi connectivity index (χ2v) is 4.42. The van der Waals surface area contributed by atoms with Crippen LogP contribution >= 0.6 is 0 Å². The van der Waals surface area contributed by atoms with Gasteiger partial charge in [-0.25, -0.2) is 4.39 Å². The highest BCUT2D eigenvalue weighted by atomic mass is 19.1. The molecule has 3 heteroatoms. The first kappa shape index (κ1) is 14.9. The predicted molar refractivity (Wildman–Crippen MR) is 75.4 cm³/mol. The molecule has 102 valence electrons. The van der Waals surface area contributed by atoms with Crippen molar-refractivity contribution in [2.75, 3.05) is 18.0 Å². The monoisotopic (exact) mass is 252 g/mol. The van der Waals surface area contributed by atoms with Crippen molar-refractivity contribution in [1.82, 2.24) is 4.98 Å². The van der Waals surface area contributed by atoms with Gasteiger partial charge in [-0.05, 0) is 25.2 Å². The Hall–Kier alpha value is -1.12. The highest BCUT2D eigenvalue weighted by Crippen LogP contribution is 2.46. The molecule has 2 heterocycles. The Morgan fingerprint density at radius 3 is 2.22 bits per heavy atom. The van der Waals surface area contributed by atoms with E-state index in [1.54, 1.807) is 19.2 Å². The number of anilines is 1. The minimum absolute atomic E-state index is 0.192. The largest absolute Gasteiger partial charge is 0.370 e. The summed E-state index contributed by atoms with van der Waals surface area (Å²) in [6, 6.07) is 1.60. The van der Waals surface area contributed by atoms with Crippen molar-refractivity contribution in [2.24, 2.45) is 11.8 Å². The van der Waals surface area contributed by atoms with Gasteiger partial charge in [-0.1, -0.05) is 27.7 Å². The van der Waals surface area contributed by atoms with Gasteiger partial charge >= 0.3 is 0 Å². The summed E-state index contributed by atoms with van der Waals surface area (Å²) in [5, 5.41) is 0. The number of aryl methyl sites for hydroxylation is 1. The van der Waals surface area contributed by atoms with Crippen LogP contribution in [-0.2, 0) is 0 Å². The Labute approximate surface area is 110 Å². The Morgan fingerprint density at radius 2 is 1.72 bits per heavy atom. The molecule has 0 radical (unpaired) electrons. The lowest BCUT2D eigenvalue weighted by Crippen LogP contribution is -2.22. The van der Waals surface area contributed by atoms with E-state index in [1.807, 2.05) is 27.7 Å². The van der Waals surface area contributed by atoms with Crippen molar-refractivity contribution >= 4 is 5.69 Å². The van der Waals surface area contributed by atoms with Crippen molar-refractivity contribution in [3.05, 3.63) is 23.8 Å². The fourth-order valence-corrected chi connectivity index (χ4v) is 2.28. The Morgan fingerprint density at radius 1 is 1.17 bits per heavy atom. The minimum Gasteiger partial charge on any atom is -0.370 e. The van der Waals surface area contributed by atoms with E-state index in [-0.39, 0.29) is 5.82 Å². The third-order valence-electron chi connectivity index (χ3n) is 3.35. The van der Waals surface area contributed by atoms with Crippen LogP contribution in [0, 0.1) is 24.6 Å². The summed E-state index contributed by atoms with van der Waals surface area (Å²) < 4.78 is 13.3. The second kappa shape index (κ2) is 6.72. The lowest BCUT2D eigenvalue weighted by Gasteiger charge is -2.19. The first-order valence-electron chi connectivity index (χ1n) is 7.11. The number of hydrogen-bond donors (Lipinski definition) is 0. The number of hydrogen-bond acceptors (Lipinski definition) is 2. The van der Waals surface area contributed by atoms with Gasteiger partial charge in [-0.2, -0.15) is 0 Å². The van der Waals surface area contributed by atoms with Crippen LogP contribution < -0.4 is 4.90 Å². The van der Waals surface area contributed by atoms with Crippen LogP contribution in [0.5, 0.6) is 0 Å². The van der Waals surface area contributed by atoms with Gasteiger partial charge in [0.25, 0.3) is 0 Å². The van der Waals surface area contributed by atoms with Gasteiger partial charge in [0.1, 0.15) is 5.82 Å². The molecule has 0 N–H and O–H groups in total. The standard InChI is InChI=1S/C11H13FN2.2C2H6/c1-7-11(12)3-10(4-13-7)14-5-8-2-9(8)6-14;2*1-2/h3-4,8-9H,2,5-6H2,1H3;2*1-2H3. The zero-order valence-electron chi connectivity index (χ0n) is 12.2. The van der Waals surface area contributed by atoms with E-state index in [1.165, 1.54) is 6.42 Å². The fraction of sp³-hybridized carbons (Fsp3) is 0.667. The van der Waals surface area contributed by atoms with Crippen LogP contribution in [0.1, 0.15) is 39.8 Å². The van der Waals surface area contributed by atoms with E-state index in [0.29, 0.717) is 5.69 Å². The van der Waals surface area contributed by atoms with E-state index in [9.17, 15) is 4.39 Å². The van der Waals surface area contributed by atoms with Gasteiger partial charge in [0.2, 0.25) is 0 Å². The third-order valence-corrected chi connectivity index (χ3v) is 3.35. The maximum absolute atomic E-state index is 13.3. The predicted octanol–water partition coefficient (Wildman–Crippen LogP) is 4.04. The van der Waals surface area contributed by atoms with Crippen LogP contribution in [0.15, 0.2) is 12.3 Å². The van der Waals surface area contributed by atoms with Gasteiger partial charge in [0.15, 0.2) is 0 Å². The average molecular weight is 252 g/mol. The van der Waals surface area contributed by atoms with E-state index >= 15 is 0 Å². The number of halogens is 1. The van der Waals surface area contributed by atoms with Crippen molar-refractivity contribution in [1.29, 1.82) is 0 Å². The molecule has 0 aromatic carbocycles. The van der Waals surface area contributed by atoms with Gasteiger partial charge in [0.05, 0.1) is 17.6 Å². The number of pyridine rings is 1. The quantitative estimate of drug-likeness (QED) is 0.750. The number of rotatable bonds is 1. The smallest absolute Gasteiger partial charge is 0.146 e. The molecule has 2 unspecified atom stereocenters. The number of piperidine rings is 1. The fourth-order valence-electron chi connectivity index (χ4n) is 2.28. The summed E-state index contributed by atoms with van der Waals surface area (Å²) in [7, 11) is 0. The molecule has 3 rings (SSSR count). The molecule has 18 heavy (non-hydrogen) atoms. The number of fused-ring (bicyclic) bond motifs is 1. The van der Waals surface area contributed by atoms with Crippen LogP contribution in [-0.4, -0.2) is 18.1 Å². The summed E-state index contributed by atoms with van der Waals surface area (Å²) in [6.07, 6.45) is 3.15. The highest BCUT2D eigenvalue weighted by Gasteiger charge is 2.45. The van der Waals surface area contributed by atoms with Crippen LogP contribution in [0.4, 0.5) is 10.1 Å². The lowest BCUT2D eigenvalue weighted by atomic mass is 10.3. The molecule has 0 bridgehead atoms. The third kappa shape index (κ3) is 3.21. The molecule has 1 saturated heterocycles. The molecule has 2 fully saturated rings. The van der Waals surface area contributed by atoms with Crippen LogP contribution in [0.3, 0.4) is 0 Å². The molecule has 2 nitrogen and oxygen atoms in total. The van der Waals surface area contributed by atoms with E-state index in [2.05, 4.69) is 9.88 Å².